The van der Waals surface area contributed by atoms with Crippen molar-refractivity contribution in [2.24, 2.45) is 0 Å². The number of rotatable bonds is 4. The second-order valence-corrected chi connectivity index (χ2v) is 7.52. The third kappa shape index (κ3) is 4.77. The molecule has 0 aliphatic carbocycles. The number of carbonyl (C=O) groups excluding carboxylic acids is 2. The second kappa shape index (κ2) is 9.97. The summed E-state index contributed by atoms with van der Waals surface area (Å²) in [5.41, 5.74) is 9.80. The smallest absolute Gasteiger partial charge is 0.260 e. The SMILES string of the molecule is Cc1occc1C(=O)Nc1nc(CC(=O)N2CCCc3c(N)cccc32)cs1.Cl.Cl. The summed E-state index contributed by atoms with van der Waals surface area (Å²) in [7, 11) is 0. The van der Waals surface area contributed by atoms with Crippen molar-refractivity contribution in [1.82, 2.24) is 4.98 Å². The summed E-state index contributed by atoms with van der Waals surface area (Å²) >= 11 is 1.29. The van der Waals surface area contributed by atoms with Crippen LogP contribution in [0.15, 0.2) is 40.3 Å². The number of thiazole rings is 1. The highest BCUT2D eigenvalue weighted by atomic mass is 35.5. The van der Waals surface area contributed by atoms with Gasteiger partial charge in [0.1, 0.15) is 5.76 Å². The summed E-state index contributed by atoms with van der Waals surface area (Å²) in [6, 6.07) is 7.28. The lowest BCUT2D eigenvalue weighted by Crippen LogP contribution is -2.36. The van der Waals surface area contributed by atoms with Crippen LogP contribution < -0.4 is 16.0 Å². The number of fused-ring (bicyclic) bond motifs is 1. The van der Waals surface area contributed by atoms with Crippen molar-refractivity contribution in [3.63, 3.8) is 0 Å². The molecule has 0 bridgehead atoms. The minimum Gasteiger partial charge on any atom is -0.469 e. The lowest BCUT2D eigenvalue weighted by atomic mass is 9.99. The van der Waals surface area contributed by atoms with Gasteiger partial charge in [0, 0.05) is 23.3 Å². The average molecular weight is 469 g/mol. The number of carbonyl (C=O) groups is 2. The summed E-state index contributed by atoms with van der Waals surface area (Å²) in [4.78, 5) is 31.3. The molecule has 1 aliphatic rings. The molecule has 0 fully saturated rings. The van der Waals surface area contributed by atoms with Crippen molar-refractivity contribution in [3.8, 4) is 0 Å². The number of aromatic nitrogens is 1. The fourth-order valence-corrected chi connectivity index (χ4v) is 4.10. The first-order valence-electron chi connectivity index (χ1n) is 9.00. The first-order valence-corrected chi connectivity index (χ1v) is 9.88. The van der Waals surface area contributed by atoms with Crippen LogP contribution >= 0.6 is 36.2 Å². The van der Waals surface area contributed by atoms with Crippen LogP contribution in [0.1, 0.15) is 33.8 Å². The molecule has 3 heterocycles. The number of hydrogen-bond donors (Lipinski definition) is 2. The van der Waals surface area contributed by atoms with E-state index in [9.17, 15) is 9.59 Å². The molecule has 0 unspecified atom stereocenters. The first kappa shape index (κ1) is 23.7. The Kier molecular flexibility index (Phi) is 7.89. The van der Waals surface area contributed by atoms with E-state index < -0.39 is 0 Å². The van der Waals surface area contributed by atoms with E-state index >= 15 is 0 Å². The molecular formula is C20H22Cl2N4O3S. The van der Waals surface area contributed by atoms with E-state index in [4.69, 9.17) is 10.2 Å². The number of nitrogen functional groups attached to an aromatic ring is 1. The highest BCUT2D eigenvalue weighted by Gasteiger charge is 2.24. The van der Waals surface area contributed by atoms with Gasteiger partial charge in [-0.15, -0.1) is 36.2 Å². The van der Waals surface area contributed by atoms with Gasteiger partial charge in [-0.2, -0.15) is 0 Å². The van der Waals surface area contributed by atoms with Crippen molar-refractivity contribution in [1.29, 1.82) is 0 Å². The number of aryl methyl sites for hydroxylation is 1. The molecule has 0 spiro atoms. The molecule has 4 rings (SSSR count). The number of amides is 2. The van der Waals surface area contributed by atoms with Gasteiger partial charge in [-0.1, -0.05) is 6.07 Å². The van der Waals surface area contributed by atoms with E-state index in [2.05, 4.69) is 10.3 Å². The van der Waals surface area contributed by atoms with E-state index in [1.807, 2.05) is 18.2 Å². The lowest BCUT2D eigenvalue weighted by molar-refractivity contribution is -0.118. The standard InChI is InChI=1S/C20H20N4O3S.2ClH/c1-12-14(7-9-27-12)19(26)23-20-22-13(11-28-20)10-18(25)24-8-3-4-15-16(21)5-2-6-17(15)24;;/h2,5-7,9,11H,3-4,8,10,21H2,1H3,(H,22,23,26);2*1H. The van der Waals surface area contributed by atoms with Crippen molar-refractivity contribution in [2.45, 2.75) is 26.2 Å². The lowest BCUT2D eigenvalue weighted by Gasteiger charge is -2.30. The van der Waals surface area contributed by atoms with E-state index in [0.717, 1.165) is 29.8 Å². The molecule has 160 valence electrons. The van der Waals surface area contributed by atoms with Gasteiger partial charge in [-0.3, -0.25) is 14.9 Å². The Morgan fingerprint density at radius 2 is 2.10 bits per heavy atom. The largest absolute Gasteiger partial charge is 0.469 e. The summed E-state index contributed by atoms with van der Waals surface area (Å²) < 4.78 is 5.15. The molecule has 0 radical (unpaired) electrons. The number of hydrogen-bond acceptors (Lipinski definition) is 6. The average Bonchev–Trinajstić information content (AvgIpc) is 3.30. The molecule has 0 saturated heterocycles. The van der Waals surface area contributed by atoms with E-state index in [-0.39, 0.29) is 43.0 Å². The van der Waals surface area contributed by atoms with Gasteiger partial charge >= 0.3 is 0 Å². The maximum Gasteiger partial charge on any atom is 0.260 e. The third-order valence-corrected chi connectivity index (χ3v) is 5.60. The van der Waals surface area contributed by atoms with Gasteiger partial charge in [-0.25, -0.2) is 4.98 Å². The fourth-order valence-electron chi connectivity index (χ4n) is 3.39. The topological polar surface area (TPSA) is 101 Å². The van der Waals surface area contributed by atoms with E-state index in [0.29, 0.717) is 28.7 Å². The maximum absolute atomic E-state index is 12.9. The quantitative estimate of drug-likeness (QED) is 0.557. The highest BCUT2D eigenvalue weighted by Crippen LogP contribution is 2.31. The molecule has 0 atom stereocenters. The molecule has 30 heavy (non-hydrogen) atoms. The second-order valence-electron chi connectivity index (χ2n) is 6.66. The van der Waals surface area contributed by atoms with Crippen LogP contribution in [0.3, 0.4) is 0 Å². The van der Waals surface area contributed by atoms with Gasteiger partial charge in [0.25, 0.3) is 5.91 Å². The predicted molar refractivity (Wildman–Crippen MR) is 123 cm³/mol. The van der Waals surface area contributed by atoms with Crippen LogP contribution in [0.5, 0.6) is 0 Å². The van der Waals surface area contributed by atoms with Crippen LogP contribution in [0, 0.1) is 6.92 Å². The normalized spacial score (nSPS) is 12.4. The van der Waals surface area contributed by atoms with Crippen LogP contribution in [0.25, 0.3) is 0 Å². The van der Waals surface area contributed by atoms with Crippen molar-refractivity contribution in [2.75, 3.05) is 22.5 Å². The molecule has 10 heteroatoms. The number of furan rings is 1. The Labute approximate surface area is 190 Å². The minimum absolute atomic E-state index is 0. The molecule has 0 saturated carbocycles. The Balaban J connectivity index is 0.00000160. The molecule has 1 aliphatic heterocycles. The number of nitrogens with two attached hydrogens (primary N) is 1. The molecule has 2 amide bonds. The van der Waals surface area contributed by atoms with Gasteiger partial charge in [0.15, 0.2) is 5.13 Å². The number of benzene rings is 1. The van der Waals surface area contributed by atoms with Crippen LogP contribution in [-0.2, 0) is 17.6 Å². The van der Waals surface area contributed by atoms with E-state index in [1.54, 1.807) is 23.3 Å². The maximum atomic E-state index is 12.9. The minimum atomic E-state index is -0.279. The summed E-state index contributed by atoms with van der Waals surface area (Å²) in [6.45, 7) is 2.40. The molecule has 3 aromatic rings. The Morgan fingerprint density at radius 3 is 2.83 bits per heavy atom. The number of nitrogens with one attached hydrogen (secondary N) is 1. The number of halogens is 2. The highest BCUT2D eigenvalue weighted by molar-refractivity contribution is 7.14. The summed E-state index contributed by atoms with van der Waals surface area (Å²) in [5.74, 6) is 0.242. The van der Waals surface area contributed by atoms with Crippen LogP contribution in [0.2, 0.25) is 0 Å². The summed E-state index contributed by atoms with van der Waals surface area (Å²) in [5, 5.41) is 5.00. The Hall–Kier alpha value is -2.55. The molecule has 1 aromatic carbocycles. The molecule has 7 nitrogen and oxygen atoms in total. The van der Waals surface area contributed by atoms with Crippen molar-refractivity contribution < 1.29 is 14.0 Å². The van der Waals surface area contributed by atoms with Gasteiger partial charge in [0.2, 0.25) is 5.91 Å². The molecule has 3 N–H and O–H groups in total. The van der Waals surface area contributed by atoms with Gasteiger partial charge in [0.05, 0.1) is 23.9 Å². The monoisotopic (exact) mass is 468 g/mol. The van der Waals surface area contributed by atoms with Gasteiger partial charge < -0.3 is 15.1 Å². The predicted octanol–water partition coefficient (Wildman–Crippen LogP) is 4.24. The third-order valence-electron chi connectivity index (χ3n) is 4.80. The zero-order chi connectivity index (χ0) is 19.7. The van der Waals surface area contributed by atoms with E-state index in [1.165, 1.54) is 17.6 Å². The Morgan fingerprint density at radius 1 is 1.30 bits per heavy atom. The Bertz CT molecular complexity index is 1050. The van der Waals surface area contributed by atoms with Crippen LogP contribution in [0.4, 0.5) is 16.5 Å². The molecule has 2 aromatic heterocycles. The van der Waals surface area contributed by atoms with Crippen molar-refractivity contribution >= 4 is 64.5 Å². The van der Waals surface area contributed by atoms with Gasteiger partial charge in [-0.05, 0) is 43.5 Å². The van der Waals surface area contributed by atoms with Crippen molar-refractivity contribution in [3.05, 3.63) is 58.5 Å². The fraction of sp³-hybridized carbons (Fsp3) is 0.250. The summed E-state index contributed by atoms with van der Waals surface area (Å²) in [6.07, 6.45) is 3.41. The zero-order valence-corrected chi connectivity index (χ0v) is 18.7. The number of nitrogens with zero attached hydrogens (tertiary/aromatic N) is 2. The number of anilines is 3. The van der Waals surface area contributed by atoms with Crippen LogP contribution in [-0.4, -0.2) is 23.3 Å². The first-order chi connectivity index (χ1) is 13.5. The molecular weight excluding hydrogens is 447 g/mol. The zero-order valence-electron chi connectivity index (χ0n) is 16.2.